The number of amides is 1. The summed E-state index contributed by atoms with van der Waals surface area (Å²) in [7, 11) is -4.01. The van der Waals surface area contributed by atoms with Crippen molar-refractivity contribution in [3.63, 3.8) is 0 Å². The zero-order valence-corrected chi connectivity index (χ0v) is 19.7. The quantitative estimate of drug-likeness (QED) is 0.380. The summed E-state index contributed by atoms with van der Waals surface area (Å²) < 4.78 is 33.3. The molecule has 0 aliphatic heterocycles. The second-order valence-corrected chi connectivity index (χ2v) is 9.21. The summed E-state index contributed by atoms with van der Waals surface area (Å²) in [5.41, 5.74) is 5.44. The minimum absolute atomic E-state index is 0.0574. The van der Waals surface area contributed by atoms with Crippen LogP contribution < -0.4 is 14.5 Å². The predicted octanol–water partition coefficient (Wildman–Crippen LogP) is 4.13. The molecule has 0 saturated heterocycles. The molecule has 0 fully saturated rings. The van der Waals surface area contributed by atoms with Crippen LogP contribution in [0.25, 0.3) is 0 Å². The van der Waals surface area contributed by atoms with Gasteiger partial charge in [-0.05, 0) is 62.7 Å². The third kappa shape index (κ3) is 6.20. The van der Waals surface area contributed by atoms with Gasteiger partial charge in [0.1, 0.15) is 12.3 Å². The Balaban J connectivity index is 1.83. The number of sulfonamides is 1. The highest BCUT2D eigenvalue weighted by Crippen LogP contribution is 2.25. The van der Waals surface area contributed by atoms with E-state index < -0.39 is 22.5 Å². The van der Waals surface area contributed by atoms with Crippen LogP contribution in [0.15, 0.2) is 88.9 Å². The van der Waals surface area contributed by atoms with Gasteiger partial charge in [-0.25, -0.2) is 13.8 Å². The highest BCUT2D eigenvalue weighted by Gasteiger charge is 2.27. The van der Waals surface area contributed by atoms with Gasteiger partial charge in [-0.2, -0.15) is 5.10 Å². The van der Waals surface area contributed by atoms with E-state index in [4.69, 9.17) is 4.74 Å². The zero-order chi connectivity index (χ0) is 23.8. The smallest absolute Gasteiger partial charge is 0.264 e. The number of hydrogen-bond donors (Lipinski definition) is 1. The molecule has 0 saturated carbocycles. The third-order valence-electron chi connectivity index (χ3n) is 4.87. The summed E-state index contributed by atoms with van der Waals surface area (Å²) in [5.74, 6) is 0.0150. The summed E-state index contributed by atoms with van der Waals surface area (Å²) in [4.78, 5) is 12.7. The van der Waals surface area contributed by atoms with E-state index in [-0.39, 0.29) is 4.90 Å². The molecule has 0 heterocycles. The van der Waals surface area contributed by atoms with E-state index in [1.54, 1.807) is 49.4 Å². The molecule has 33 heavy (non-hydrogen) atoms. The maximum absolute atomic E-state index is 13.4. The summed E-state index contributed by atoms with van der Waals surface area (Å²) in [5, 5.41) is 4.14. The summed E-state index contributed by atoms with van der Waals surface area (Å²) in [6.07, 6.45) is 0. The molecule has 0 aliphatic carbocycles. The number of nitrogens with zero attached hydrogens (tertiary/aromatic N) is 2. The first-order chi connectivity index (χ1) is 15.8. The largest absolute Gasteiger partial charge is 0.494 e. The van der Waals surface area contributed by atoms with Crippen LogP contribution in [0.1, 0.15) is 25.0 Å². The van der Waals surface area contributed by atoms with Gasteiger partial charge < -0.3 is 4.74 Å². The predicted molar refractivity (Wildman–Crippen MR) is 130 cm³/mol. The second-order valence-electron chi connectivity index (χ2n) is 7.35. The van der Waals surface area contributed by atoms with Crippen molar-refractivity contribution < 1.29 is 17.9 Å². The van der Waals surface area contributed by atoms with Crippen molar-refractivity contribution in [2.24, 2.45) is 5.10 Å². The Morgan fingerprint density at radius 1 is 0.970 bits per heavy atom. The van der Waals surface area contributed by atoms with Crippen molar-refractivity contribution in [3.05, 3.63) is 90.0 Å². The van der Waals surface area contributed by atoms with Crippen LogP contribution in [0.3, 0.4) is 0 Å². The molecule has 0 aliphatic rings. The molecule has 0 atom stereocenters. The van der Waals surface area contributed by atoms with Crippen LogP contribution in [0.2, 0.25) is 0 Å². The normalized spacial score (nSPS) is 11.7. The number of ether oxygens (including phenoxy) is 1. The lowest BCUT2D eigenvalue weighted by Crippen LogP contribution is -2.39. The van der Waals surface area contributed by atoms with E-state index in [2.05, 4.69) is 10.5 Å². The number of carbonyl (C=O) groups is 1. The number of nitrogens with one attached hydrogen (secondary N) is 1. The van der Waals surface area contributed by atoms with Crippen LogP contribution in [-0.4, -0.2) is 33.2 Å². The fraction of sp³-hybridized carbons (Fsp3) is 0.200. The first-order valence-electron chi connectivity index (χ1n) is 10.5. The molecule has 3 aromatic rings. The molecule has 0 bridgehead atoms. The van der Waals surface area contributed by atoms with Crippen molar-refractivity contribution in [1.82, 2.24) is 5.43 Å². The Labute approximate surface area is 194 Å². The van der Waals surface area contributed by atoms with Crippen molar-refractivity contribution in [2.45, 2.75) is 25.7 Å². The number of anilines is 1. The molecule has 7 nitrogen and oxygen atoms in total. The van der Waals surface area contributed by atoms with Gasteiger partial charge >= 0.3 is 0 Å². The van der Waals surface area contributed by atoms with E-state index >= 15 is 0 Å². The van der Waals surface area contributed by atoms with Gasteiger partial charge in [-0.1, -0.05) is 48.0 Å². The monoisotopic (exact) mass is 465 g/mol. The minimum atomic E-state index is -4.01. The third-order valence-corrected chi connectivity index (χ3v) is 6.66. The molecule has 0 aromatic heterocycles. The Morgan fingerprint density at radius 3 is 2.21 bits per heavy atom. The maximum Gasteiger partial charge on any atom is 0.264 e. The molecule has 172 valence electrons. The SMILES string of the molecule is CCOc1ccc(S(=O)(=O)N(CC(=O)N/N=C(/C)c2ccc(C)cc2)c2ccccc2)cc1. The number of hydrogen-bond acceptors (Lipinski definition) is 5. The number of para-hydroxylation sites is 1. The molecule has 0 radical (unpaired) electrons. The summed E-state index contributed by atoms with van der Waals surface area (Å²) in [6.45, 7) is 5.66. The van der Waals surface area contributed by atoms with Gasteiger partial charge in [0.15, 0.2) is 0 Å². The Bertz CT molecular complexity index is 1210. The number of hydrazone groups is 1. The molecule has 0 unspecified atom stereocenters. The summed E-state index contributed by atoms with van der Waals surface area (Å²) in [6, 6.07) is 22.3. The van der Waals surface area contributed by atoms with E-state index in [0.29, 0.717) is 23.8 Å². The molecular weight excluding hydrogens is 438 g/mol. The fourth-order valence-corrected chi connectivity index (χ4v) is 4.50. The average molecular weight is 466 g/mol. The Hall–Kier alpha value is -3.65. The van der Waals surface area contributed by atoms with E-state index in [0.717, 1.165) is 15.4 Å². The lowest BCUT2D eigenvalue weighted by Gasteiger charge is -2.23. The number of rotatable bonds is 9. The van der Waals surface area contributed by atoms with E-state index in [1.807, 2.05) is 38.1 Å². The van der Waals surface area contributed by atoms with Crippen LogP contribution >= 0.6 is 0 Å². The molecule has 1 N–H and O–H groups in total. The number of aryl methyl sites for hydroxylation is 1. The first-order valence-corrected chi connectivity index (χ1v) is 12.0. The zero-order valence-electron chi connectivity index (χ0n) is 18.9. The standard InChI is InChI=1S/C25H27N3O4S/c1-4-32-23-14-16-24(17-15-23)33(30,31)28(22-8-6-5-7-9-22)18-25(29)27-26-20(3)21-12-10-19(2)11-13-21/h5-17H,4,18H2,1-3H3,(H,27,29)/b26-20-. The van der Waals surface area contributed by atoms with Crippen molar-refractivity contribution in [2.75, 3.05) is 17.5 Å². The van der Waals surface area contributed by atoms with Crippen LogP contribution in [-0.2, 0) is 14.8 Å². The summed E-state index contributed by atoms with van der Waals surface area (Å²) >= 11 is 0. The van der Waals surface area contributed by atoms with Gasteiger partial charge in [0.25, 0.3) is 15.9 Å². The van der Waals surface area contributed by atoms with Crippen LogP contribution in [0.4, 0.5) is 5.69 Å². The van der Waals surface area contributed by atoms with Gasteiger partial charge in [0.2, 0.25) is 0 Å². The molecule has 3 rings (SSSR count). The lowest BCUT2D eigenvalue weighted by atomic mass is 10.1. The minimum Gasteiger partial charge on any atom is -0.494 e. The molecule has 0 spiro atoms. The Kier molecular flexibility index (Phi) is 7.84. The lowest BCUT2D eigenvalue weighted by molar-refractivity contribution is -0.119. The van der Waals surface area contributed by atoms with Gasteiger partial charge in [-0.3, -0.25) is 9.10 Å². The van der Waals surface area contributed by atoms with Crippen molar-refractivity contribution >= 4 is 27.3 Å². The fourth-order valence-electron chi connectivity index (χ4n) is 3.08. The maximum atomic E-state index is 13.4. The molecular formula is C25H27N3O4S. The van der Waals surface area contributed by atoms with Gasteiger partial charge in [0.05, 0.1) is 22.9 Å². The average Bonchev–Trinajstić information content (AvgIpc) is 2.82. The van der Waals surface area contributed by atoms with Crippen molar-refractivity contribution in [3.8, 4) is 5.75 Å². The number of carbonyl (C=O) groups excluding carboxylic acids is 1. The van der Waals surface area contributed by atoms with Gasteiger partial charge in [0, 0.05) is 0 Å². The van der Waals surface area contributed by atoms with E-state index in [1.165, 1.54) is 12.1 Å². The first kappa shape index (κ1) is 24.0. The van der Waals surface area contributed by atoms with Crippen LogP contribution in [0, 0.1) is 6.92 Å². The highest BCUT2D eigenvalue weighted by atomic mass is 32.2. The molecule has 8 heteroatoms. The topological polar surface area (TPSA) is 88.1 Å². The number of benzene rings is 3. The second kappa shape index (κ2) is 10.8. The Morgan fingerprint density at radius 2 is 1.61 bits per heavy atom. The molecule has 3 aromatic carbocycles. The van der Waals surface area contributed by atoms with Gasteiger partial charge in [-0.15, -0.1) is 0 Å². The van der Waals surface area contributed by atoms with E-state index in [9.17, 15) is 13.2 Å². The van der Waals surface area contributed by atoms with Crippen molar-refractivity contribution in [1.29, 1.82) is 0 Å². The van der Waals surface area contributed by atoms with Crippen LogP contribution in [0.5, 0.6) is 5.75 Å². The highest BCUT2D eigenvalue weighted by molar-refractivity contribution is 7.92. The molecule has 1 amide bonds.